The van der Waals surface area contributed by atoms with Gasteiger partial charge in [0.15, 0.2) is 5.76 Å². The normalized spacial score (nSPS) is 17.6. The molecular weight excluding hydrogens is 220 g/mol. The molecule has 0 aromatic carbocycles. The predicted octanol–water partition coefficient (Wildman–Crippen LogP) is 3.02. The second-order valence-corrected chi connectivity index (χ2v) is 3.18. The van der Waals surface area contributed by atoms with Crippen LogP contribution in [0.4, 0.5) is 0 Å². The van der Waals surface area contributed by atoms with E-state index in [0.29, 0.717) is 10.2 Å². The molecule has 0 saturated heterocycles. The SMILES string of the molecule is C/C=C(/C)C1=C=CC(Br)=C([O])O1. The Morgan fingerprint density at radius 3 is 2.92 bits per heavy atom. The minimum Gasteiger partial charge on any atom is -0.414 e. The van der Waals surface area contributed by atoms with E-state index in [4.69, 9.17) is 4.74 Å². The first-order valence-electron chi connectivity index (χ1n) is 3.49. The Hall–Kier alpha value is -0.920. The summed E-state index contributed by atoms with van der Waals surface area (Å²) in [7, 11) is 0. The van der Waals surface area contributed by atoms with Crippen LogP contribution < -0.4 is 0 Å². The highest BCUT2D eigenvalue weighted by Crippen LogP contribution is 2.23. The third-order valence-corrected chi connectivity index (χ3v) is 2.06. The van der Waals surface area contributed by atoms with Crippen molar-refractivity contribution >= 4 is 15.9 Å². The Bertz CT molecular complexity index is 317. The number of ether oxygens (including phenoxy) is 1. The lowest BCUT2D eigenvalue weighted by Gasteiger charge is -2.08. The van der Waals surface area contributed by atoms with Crippen molar-refractivity contribution in [2.75, 3.05) is 0 Å². The second kappa shape index (κ2) is 3.65. The topological polar surface area (TPSA) is 29.1 Å². The molecule has 63 valence electrons. The lowest BCUT2D eigenvalue weighted by molar-refractivity contribution is 0.0964. The Kier molecular flexibility index (Phi) is 2.79. The van der Waals surface area contributed by atoms with E-state index in [1.165, 1.54) is 0 Å². The van der Waals surface area contributed by atoms with Gasteiger partial charge in [-0.3, -0.25) is 0 Å². The van der Waals surface area contributed by atoms with E-state index in [2.05, 4.69) is 21.7 Å². The van der Waals surface area contributed by atoms with E-state index in [0.717, 1.165) is 5.57 Å². The molecule has 12 heavy (non-hydrogen) atoms. The first-order chi connectivity index (χ1) is 5.65. The Morgan fingerprint density at radius 1 is 1.75 bits per heavy atom. The molecular formula is C9H8BrO2. The quantitative estimate of drug-likeness (QED) is 0.634. The molecule has 3 heteroatoms. The lowest BCUT2D eigenvalue weighted by atomic mass is 10.2. The van der Waals surface area contributed by atoms with Crippen LogP contribution >= 0.6 is 15.9 Å². The molecule has 0 bridgehead atoms. The predicted molar refractivity (Wildman–Crippen MR) is 48.8 cm³/mol. The summed E-state index contributed by atoms with van der Waals surface area (Å²) in [5.74, 6) is 0.121. The van der Waals surface area contributed by atoms with Crippen molar-refractivity contribution in [1.82, 2.24) is 0 Å². The lowest BCUT2D eigenvalue weighted by Crippen LogP contribution is -1.96. The van der Waals surface area contributed by atoms with Crippen LogP contribution in [0.2, 0.25) is 0 Å². The summed E-state index contributed by atoms with van der Waals surface area (Å²) >= 11 is 3.04. The smallest absolute Gasteiger partial charge is 0.351 e. The van der Waals surface area contributed by atoms with E-state index in [9.17, 15) is 5.11 Å². The zero-order valence-electron chi connectivity index (χ0n) is 6.85. The zero-order chi connectivity index (χ0) is 9.14. The van der Waals surface area contributed by atoms with Crippen molar-refractivity contribution in [3.63, 3.8) is 0 Å². The third-order valence-electron chi connectivity index (χ3n) is 1.51. The fourth-order valence-electron chi connectivity index (χ4n) is 0.684. The summed E-state index contributed by atoms with van der Waals surface area (Å²) in [6, 6.07) is 0. The largest absolute Gasteiger partial charge is 0.414 e. The first-order valence-corrected chi connectivity index (χ1v) is 4.29. The summed E-state index contributed by atoms with van der Waals surface area (Å²) in [6.45, 7) is 3.74. The second-order valence-electron chi connectivity index (χ2n) is 2.33. The molecule has 0 aliphatic carbocycles. The van der Waals surface area contributed by atoms with Crippen LogP contribution in [0, 0.1) is 0 Å². The van der Waals surface area contributed by atoms with Gasteiger partial charge in [0.2, 0.25) is 0 Å². The highest BCUT2D eigenvalue weighted by atomic mass is 79.9. The number of hydrogen-bond acceptors (Lipinski definition) is 1. The molecule has 1 aliphatic rings. The average molecular weight is 228 g/mol. The highest BCUT2D eigenvalue weighted by Gasteiger charge is 2.12. The van der Waals surface area contributed by atoms with Crippen LogP contribution in [0.25, 0.3) is 0 Å². The van der Waals surface area contributed by atoms with E-state index in [1.807, 2.05) is 19.9 Å². The Morgan fingerprint density at radius 2 is 2.42 bits per heavy atom. The first kappa shape index (κ1) is 9.17. The van der Waals surface area contributed by atoms with Crippen LogP contribution in [0.3, 0.4) is 0 Å². The summed E-state index contributed by atoms with van der Waals surface area (Å²) in [5.41, 5.74) is 3.75. The molecule has 1 heterocycles. The molecule has 0 amide bonds. The average Bonchev–Trinajstić information content (AvgIpc) is 2.08. The zero-order valence-corrected chi connectivity index (χ0v) is 8.44. The van der Waals surface area contributed by atoms with E-state index < -0.39 is 0 Å². The minimum atomic E-state index is -0.370. The monoisotopic (exact) mass is 227 g/mol. The van der Waals surface area contributed by atoms with Gasteiger partial charge < -0.3 is 4.74 Å². The van der Waals surface area contributed by atoms with Gasteiger partial charge in [-0.1, -0.05) is 11.8 Å². The number of allylic oxidation sites excluding steroid dienone is 3. The van der Waals surface area contributed by atoms with Gasteiger partial charge in [0, 0.05) is 6.08 Å². The van der Waals surface area contributed by atoms with Crippen molar-refractivity contribution in [3.8, 4) is 0 Å². The molecule has 0 N–H and O–H groups in total. The van der Waals surface area contributed by atoms with Crippen molar-refractivity contribution < 1.29 is 9.84 Å². The molecule has 0 unspecified atom stereocenters. The molecule has 2 nitrogen and oxygen atoms in total. The van der Waals surface area contributed by atoms with Crippen molar-refractivity contribution in [3.05, 3.63) is 39.6 Å². The van der Waals surface area contributed by atoms with Gasteiger partial charge in [-0.25, -0.2) is 5.11 Å². The molecule has 1 rings (SSSR count). The fraction of sp³-hybridized carbons (Fsp3) is 0.222. The summed E-state index contributed by atoms with van der Waals surface area (Å²) in [5, 5.41) is 11.0. The van der Waals surface area contributed by atoms with Gasteiger partial charge in [0.1, 0.15) is 4.48 Å². The van der Waals surface area contributed by atoms with Gasteiger partial charge in [-0.2, -0.15) is 0 Å². The van der Waals surface area contributed by atoms with E-state index in [1.54, 1.807) is 6.08 Å². The van der Waals surface area contributed by atoms with E-state index >= 15 is 0 Å². The van der Waals surface area contributed by atoms with Crippen molar-refractivity contribution in [2.24, 2.45) is 0 Å². The molecule has 0 aromatic heterocycles. The summed E-state index contributed by atoms with van der Waals surface area (Å²) in [4.78, 5) is 0. The molecule has 1 radical (unpaired) electrons. The van der Waals surface area contributed by atoms with Gasteiger partial charge in [-0.15, -0.1) is 0 Å². The number of halogens is 1. The van der Waals surface area contributed by atoms with Gasteiger partial charge in [0.05, 0.1) is 0 Å². The van der Waals surface area contributed by atoms with Crippen LogP contribution in [0.15, 0.2) is 39.6 Å². The maximum absolute atomic E-state index is 11.0. The number of hydrogen-bond donors (Lipinski definition) is 0. The van der Waals surface area contributed by atoms with Crippen LogP contribution in [-0.4, -0.2) is 0 Å². The Labute approximate surface area is 79.7 Å². The van der Waals surface area contributed by atoms with Gasteiger partial charge >= 0.3 is 5.95 Å². The standard InChI is InChI=1S/C9H8BrO2/c1-3-6(2)8-5-4-7(10)9(11)12-8/h3-4H,1-2H3/b6-3-. The van der Waals surface area contributed by atoms with Crippen molar-refractivity contribution in [2.45, 2.75) is 13.8 Å². The molecule has 0 saturated carbocycles. The summed E-state index contributed by atoms with van der Waals surface area (Å²) < 4.78 is 5.33. The highest BCUT2D eigenvalue weighted by molar-refractivity contribution is 9.11. The van der Waals surface area contributed by atoms with Gasteiger partial charge in [0.25, 0.3) is 0 Å². The van der Waals surface area contributed by atoms with Gasteiger partial charge in [-0.05, 0) is 35.4 Å². The summed E-state index contributed by atoms with van der Waals surface area (Å²) in [6.07, 6.45) is 3.43. The van der Waals surface area contributed by atoms with Crippen LogP contribution in [0.1, 0.15) is 13.8 Å². The molecule has 1 aliphatic heterocycles. The number of rotatable bonds is 1. The Balaban J connectivity index is 2.97. The minimum absolute atomic E-state index is 0.370. The van der Waals surface area contributed by atoms with Crippen LogP contribution in [0.5, 0.6) is 0 Å². The fourth-order valence-corrected chi connectivity index (χ4v) is 0.880. The molecule has 0 spiro atoms. The third kappa shape index (κ3) is 1.81. The van der Waals surface area contributed by atoms with E-state index in [-0.39, 0.29) is 5.95 Å². The maximum atomic E-state index is 11.0. The molecule has 0 atom stereocenters. The maximum Gasteiger partial charge on any atom is 0.351 e. The van der Waals surface area contributed by atoms with Crippen LogP contribution in [-0.2, 0) is 9.84 Å². The molecule has 0 aromatic rings. The van der Waals surface area contributed by atoms with Crippen molar-refractivity contribution in [1.29, 1.82) is 0 Å². The molecule has 0 fully saturated rings.